The van der Waals surface area contributed by atoms with Crippen LogP contribution in [0.15, 0.2) is 31.9 Å². The fourth-order valence-corrected chi connectivity index (χ4v) is 2.53. The van der Waals surface area contributed by atoms with Gasteiger partial charge in [-0.2, -0.15) is 5.10 Å². The van der Waals surface area contributed by atoms with Crippen molar-refractivity contribution in [1.29, 1.82) is 0 Å². The Morgan fingerprint density at radius 2 is 2.28 bits per heavy atom. The number of rotatable bonds is 5. The second-order valence-electron chi connectivity index (χ2n) is 3.71. The van der Waals surface area contributed by atoms with E-state index in [1.165, 1.54) is 0 Å². The molecule has 18 heavy (non-hydrogen) atoms. The third kappa shape index (κ3) is 2.85. The van der Waals surface area contributed by atoms with Gasteiger partial charge >= 0.3 is 0 Å². The number of methoxy groups -OCH3 is 1. The second kappa shape index (κ2) is 6.01. The summed E-state index contributed by atoms with van der Waals surface area (Å²) >= 11 is 6.72. The number of halogens is 2. The Morgan fingerprint density at radius 3 is 2.89 bits per heavy atom. The first kappa shape index (κ1) is 13.8. The van der Waals surface area contributed by atoms with Crippen LogP contribution >= 0.6 is 31.9 Å². The van der Waals surface area contributed by atoms with E-state index in [1.54, 1.807) is 13.3 Å². The number of nitrogens with zero attached hydrogens (tertiary/aromatic N) is 2. The molecule has 0 aliphatic rings. The molecule has 2 N–H and O–H groups in total. The summed E-state index contributed by atoms with van der Waals surface area (Å²) in [6.07, 6.45) is 1.73. The van der Waals surface area contributed by atoms with Crippen molar-refractivity contribution in [3.63, 3.8) is 0 Å². The van der Waals surface area contributed by atoms with Crippen LogP contribution in [-0.4, -0.2) is 23.5 Å². The normalized spacial score (nSPS) is 12.9. The topological polar surface area (TPSA) is 66.2 Å². The minimum Gasteiger partial charge on any atom is -0.452 e. The SMILES string of the molecule is COCCn1ncc(Br)c1C(N)c1ccc(Br)o1. The maximum atomic E-state index is 6.20. The summed E-state index contributed by atoms with van der Waals surface area (Å²) in [5.74, 6) is 0.682. The van der Waals surface area contributed by atoms with Crippen LogP contribution in [0, 0.1) is 0 Å². The molecule has 0 amide bonds. The second-order valence-corrected chi connectivity index (χ2v) is 5.35. The quantitative estimate of drug-likeness (QED) is 0.868. The molecule has 0 spiro atoms. The van der Waals surface area contributed by atoms with Crippen molar-refractivity contribution in [2.24, 2.45) is 5.73 Å². The molecule has 1 atom stereocenters. The maximum absolute atomic E-state index is 6.20. The predicted octanol–water partition coefficient (Wildman–Crippen LogP) is 2.70. The molecule has 7 heteroatoms. The summed E-state index contributed by atoms with van der Waals surface area (Å²) in [5, 5.41) is 4.26. The molecule has 2 aromatic heterocycles. The molecule has 0 fully saturated rings. The average Bonchev–Trinajstić information content (AvgIpc) is 2.92. The zero-order valence-electron chi connectivity index (χ0n) is 9.77. The Kier molecular flexibility index (Phi) is 4.60. The molecule has 98 valence electrons. The van der Waals surface area contributed by atoms with E-state index in [0.29, 0.717) is 23.6 Å². The van der Waals surface area contributed by atoms with Crippen LogP contribution in [0.2, 0.25) is 0 Å². The minimum atomic E-state index is -0.370. The molecule has 0 saturated carbocycles. The molecule has 0 saturated heterocycles. The van der Waals surface area contributed by atoms with E-state index in [9.17, 15) is 0 Å². The van der Waals surface area contributed by atoms with Crippen LogP contribution in [0.1, 0.15) is 17.5 Å². The van der Waals surface area contributed by atoms with Crippen LogP contribution in [0.3, 0.4) is 0 Å². The molecule has 0 aliphatic heterocycles. The number of aromatic nitrogens is 2. The highest BCUT2D eigenvalue weighted by Crippen LogP contribution is 2.29. The lowest BCUT2D eigenvalue weighted by Gasteiger charge is -2.13. The predicted molar refractivity (Wildman–Crippen MR) is 74.2 cm³/mol. The van der Waals surface area contributed by atoms with Gasteiger partial charge in [0.25, 0.3) is 0 Å². The standard InChI is InChI=1S/C11H13Br2N3O2/c1-17-5-4-16-11(7(12)6-15-16)10(14)8-2-3-9(13)18-8/h2-3,6,10H,4-5,14H2,1H3. The van der Waals surface area contributed by atoms with Gasteiger partial charge in [-0.05, 0) is 44.0 Å². The zero-order chi connectivity index (χ0) is 13.1. The molecule has 0 radical (unpaired) electrons. The van der Waals surface area contributed by atoms with E-state index in [2.05, 4.69) is 37.0 Å². The molecule has 1 unspecified atom stereocenters. The first-order chi connectivity index (χ1) is 8.63. The molecule has 5 nitrogen and oxygen atoms in total. The number of furan rings is 1. The summed E-state index contributed by atoms with van der Waals surface area (Å²) in [6, 6.07) is 3.29. The summed E-state index contributed by atoms with van der Waals surface area (Å²) in [4.78, 5) is 0. The van der Waals surface area contributed by atoms with E-state index < -0.39 is 0 Å². The summed E-state index contributed by atoms with van der Waals surface area (Å²) in [7, 11) is 1.65. The zero-order valence-corrected chi connectivity index (χ0v) is 12.9. The van der Waals surface area contributed by atoms with E-state index in [-0.39, 0.29) is 6.04 Å². The van der Waals surface area contributed by atoms with Gasteiger partial charge in [0.1, 0.15) is 11.8 Å². The molecule has 2 rings (SSSR count). The molecule has 2 aromatic rings. The van der Waals surface area contributed by atoms with Crippen LogP contribution < -0.4 is 5.73 Å². The summed E-state index contributed by atoms with van der Waals surface area (Å²) in [6.45, 7) is 1.22. The van der Waals surface area contributed by atoms with Gasteiger partial charge in [0.2, 0.25) is 0 Å². The Morgan fingerprint density at radius 1 is 1.50 bits per heavy atom. The minimum absolute atomic E-state index is 0.370. The van der Waals surface area contributed by atoms with Crippen LogP contribution in [0.5, 0.6) is 0 Å². The van der Waals surface area contributed by atoms with Crippen LogP contribution in [0.4, 0.5) is 0 Å². The van der Waals surface area contributed by atoms with Crippen LogP contribution in [0.25, 0.3) is 0 Å². The van der Waals surface area contributed by atoms with Gasteiger partial charge in [0.15, 0.2) is 4.67 Å². The highest BCUT2D eigenvalue weighted by molar-refractivity contribution is 9.10. The fourth-order valence-electron chi connectivity index (χ4n) is 1.67. The van der Waals surface area contributed by atoms with Crippen molar-refractivity contribution < 1.29 is 9.15 Å². The van der Waals surface area contributed by atoms with Gasteiger partial charge in [-0.3, -0.25) is 4.68 Å². The van der Waals surface area contributed by atoms with Crippen molar-refractivity contribution >= 4 is 31.9 Å². The monoisotopic (exact) mass is 377 g/mol. The van der Waals surface area contributed by atoms with E-state index in [4.69, 9.17) is 14.9 Å². The number of hydrogen-bond donors (Lipinski definition) is 1. The Labute approximate surface area is 122 Å². The maximum Gasteiger partial charge on any atom is 0.169 e. The fraction of sp³-hybridized carbons (Fsp3) is 0.364. The van der Waals surface area contributed by atoms with Gasteiger partial charge < -0.3 is 14.9 Å². The number of ether oxygens (including phenoxy) is 1. The first-order valence-corrected chi connectivity index (χ1v) is 6.93. The Hall–Kier alpha value is -0.630. The highest BCUT2D eigenvalue weighted by atomic mass is 79.9. The Balaban J connectivity index is 2.28. The van der Waals surface area contributed by atoms with Crippen molar-refractivity contribution in [2.75, 3.05) is 13.7 Å². The van der Waals surface area contributed by atoms with E-state index in [0.717, 1.165) is 10.2 Å². The lowest BCUT2D eigenvalue weighted by molar-refractivity contribution is 0.182. The number of nitrogens with two attached hydrogens (primary N) is 1. The molecule has 0 aromatic carbocycles. The summed E-state index contributed by atoms with van der Waals surface area (Å²) in [5.41, 5.74) is 7.07. The molecule has 0 aliphatic carbocycles. The molecule has 0 bridgehead atoms. The van der Waals surface area contributed by atoms with Crippen molar-refractivity contribution in [3.8, 4) is 0 Å². The van der Waals surface area contributed by atoms with Crippen molar-refractivity contribution in [1.82, 2.24) is 9.78 Å². The smallest absolute Gasteiger partial charge is 0.169 e. The van der Waals surface area contributed by atoms with Gasteiger partial charge in [0.05, 0.1) is 29.5 Å². The van der Waals surface area contributed by atoms with Gasteiger partial charge in [-0.25, -0.2) is 0 Å². The van der Waals surface area contributed by atoms with E-state index in [1.807, 2.05) is 16.8 Å². The summed E-state index contributed by atoms with van der Waals surface area (Å²) < 4.78 is 13.9. The lowest BCUT2D eigenvalue weighted by Crippen LogP contribution is -2.19. The van der Waals surface area contributed by atoms with Gasteiger partial charge in [0, 0.05) is 7.11 Å². The molecular formula is C11H13Br2N3O2. The highest BCUT2D eigenvalue weighted by Gasteiger charge is 2.20. The largest absolute Gasteiger partial charge is 0.452 e. The van der Waals surface area contributed by atoms with Crippen molar-refractivity contribution in [2.45, 2.75) is 12.6 Å². The molecular weight excluding hydrogens is 366 g/mol. The number of hydrogen-bond acceptors (Lipinski definition) is 4. The van der Waals surface area contributed by atoms with Gasteiger partial charge in [-0.15, -0.1) is 0 Å². The lowest BCUT2D eigenvalue weighted by atomic mass is 10.1. The van der Waals surface area contributed by atoms with Crippen molar-refractivity contribution in [3.05, 3.63) is 38.9 Å². The average molecular weight is 379 g/mol. The van der Waals surface area contributed by atoms with E-state index >= 15 is 0 Å². The van der Waals surface area contributed by atoms with Gasteiger partial charge in [-0.1, -0.05) is 0 Å². The van der Waals surface area contributed by atoms with Crippen LogP contribution in [-0.2, 0) is 11.3 Å². The first-order valence-electron chi connectivity index (χ1n) is 5.34. The third-order valence-electron chi connectivity index (χ3n) is 2.54. The third-order valence-corrected chi connectivity index (χ3v) is 3.57. The Bertz CT molecular complexity index is 524. The molecule has 2 heterocycles.